The Kier molecular flexibility index (Phi) is 7.37. The zero-order valence-electron chi connectivity index (χ0n) is 14.2. The van der Waals surface area contributed by atoms with E-state index in [1.54, 1.807) is 0 Å². The highest BCUT2D eigenvalue weighted by Crippen LogP contribution is 2.32. The zero-order chi connectivity index (χ0) is 16.8. The smallest absolute Gasteiger partial charge is 0.231 e. The molecule has 136 valence electrons. The van der Waals surface area contributed by atoms with Crippen LogP contribution in [0.2, 0.25) is 0 Å². The maximum absolute atomic E-state index is 9.19. The Morgan fingerprint density at radius 3 is 2.52 bits per heavy atom. The summed E-state index contributed by atoms with van der Waals surface area (Å²) in [5.74, 6) is 2.38. The van der Waals surface area contributed by atoms with Crippen molar-refractivity contribution in [1.29, 1.82) is 0 Å². The highest BCUT2D eigenvalue weighted by Gasteiger charge is 2.13. The molecular formula is C19H23ClNO4-. The Morgan fingerprint density at radius 2 is 1.80 bits per heavy atom. The standard InChI is InChI=1S/C19H23NO4.ClH/c1-2-16(11-21)20-10-14-3-6-17(7-4-14)22-12-15-5-8-18-19(9-15)24-13-23-18;/h3-9,16,20-21H,2,10-13H2,1H3;1H/p-1. The van der Waals surface area contributed by atoms with Gasteiger partial charge in [-0.3, -0.25) is 0 Å². The van der Waals surface area contributed by atoms with Crippen molar-refractivity contribution in [3.8, 4) is 17.2 Å². The molecule has 2 aromatic rings. The molecule has 5 nitrogen and oxygen atoms in total. The van der Waals surface area contributed by atoms with Crippen molar-refractivity contribution < 1.29 is 31.7 Å². The van der Waals surface area contributed by atoms with Crippen molar-refractivity contribution in [2.45, 2.75) is 32.5 Å². The highest BCUT2D eigenvalue weighted by molar-refractivity contribution is 5.44. The molecule has 1 heterocycles. The van der Waals surface area contributed by atoms with Gasteiger partial charge < -0.3 is 37.0 Å². The number of benzene rings is 2. The zero-order valence-corrected chi connectivity index (χ0v) is 15.0. The fourth-order valence-corrected chi connectivity index (χ4v) is 2.50. The molecule has 2 N–H and O–H groups in total. The average molecular weight is 365 g/mol. The quantitative estimate of drug-likeness (QED) is 0.683. The SMILES string of the molecule is CCC(CO)NCc1ccc(OCc2ccc3c(c2)OCO3)cc1.[Cl-]. The molecule has 0 aromatic heterocycles. The van der Waals surface area contributed by atoms with Crippen molar-refractivity contribution in [3.05, 3.63) is 53.6 Å². The van der Waals surface area contributed by atoms with E-state index < -0.39 is 0 Å². The molecular weight excluding hydrogens is 342 g/mol. The Hall–Kier alpha value is -1.95. The summed E-state index contributed by atoms with van der Waals surface area (Å²) in [6.07, 6.45) is 0.910. The van der Waals surface area contributed by atoms with E-state index >= 15 is 0 Å². The molecule has 25 heavy (non-hydrogen) atoms. The van der Waals surface area contributed by atoms with Crippen molar-refractivity contribution in [2.75, 3.05) is 13.4 Å². The molecule has 2 aromatic carbocycles. The second-order valence-electron chi connectivity index (χ2n) is 5.79. The molecule has 0 fully saturated rings. The number of hydrogen-bond donors (Lipinski definition) is 2. The first-order valence-corrected chi connectivity index (χ1v) is 8.23. The summed E-state index contributed by atoms with van der Waals surface area (Å²) < 4.78 is 16.5. The lowest BCUT2D eigenvalue weighted by molar-refractivity contribution is -0.00000782. The minimum atomic E-state index is 0. The van der Waals surface area contributed by atoms with Gasteiger partial charge in [0.25, 0.3) is 0 Å². The third-order valence-electron chi connectivity index (χ3n) is 4.07. The molecule has 0 bridgehead atoms. The third-order valence-corrected chi connectivity index (χ3v) is 4.07. The van der Waals surface area contributed by atoms with Crippen molar-refractivity contribution in [2.24, 2.45) is 0 Å². The second kappa shape index (κ2) is 9.51. The molecule has 1 atom stereocenters. The lowest BCUT2D eigenvalue weighted by Gasteiger charge is -2.14. The van der Waals surface area contributed by atoms with E-state index in [2.05, 4.69) is 12.2 Å². The maximum Gasteiger partial charge on any atom is 0.231 e. The Labute approximate surface area is 154 Å². The molecule has 6 heteroatoms. The van der Waals surface area contributed by atoms with Crippen LogP contribution >= 0.6 is 0 Å². The van der Waals surface area contributed by atoms with Crippen molar-refractivity contribution in [1.82, 2.24) is 5.32 Å². The molecule has 1 unspecified atom stereocenters. The lowest BCUT2D eigenvalue weighted by atomic mass is 10.2. The molecule has 0 amide bonds. The number of halogens is 1. The van der Waals surface area contributed by atoms with Crippen molar-refractivity contribution in [3.63, 3.8) is 0 Å². The second-order valence-corrected chi connectivity index (χ2v) is 5.79. The van der Waals surface area contributed by atoms with Gasteiger partial charge in [-0.15, -0.1) is 0 Å². The molecule has 1 aliphatic heterocycles. The summed E-state index contributed by atoms with van der Waals surface area (Å²) in [4.78, 5) is 0. The first-order chi connectivity index (χ1) is 11.8. The van der Waals surface area contributed by atoms with E-state index in [9.17, 15) is 5.11 Å². The predicted molar refractivity (Wildman–Crippen MR) is 91.3 cm³/mol. The minimum absolute atomic E-state index is 0. The summed E-state index contributed by atoms with van der Waals surface area (Å²) in [5.41, 5.74) is 2.20. The van der Waals surface area contributed by atoms with Gasteiger partial charge in [-0.25, -0.2) is 0 Å². The number of nitrogens with one attached hydrogen (secondary N) is 1. The average Bonchev–Trinajstić information content (AvgIpc) is 3.09. The van der Waals surface area contributed by atoms with Gasteiger partial charge >= 0.3 is 0 Å². The van der Waals surface area contributed by atoms with Crippen LogP contribution in [0.4, 0.5) is 0 Å². The van der Waals surface area contributed by atoms with Crippen LogP contribution in [0.25, 0.3) is 0 Å². The number of aliphatic hydroxyl groups is 1. The van der Waals surface area contributed by atoms with Crippen LogP contribution in [0.3, 0.4) is 0 Å². The number of aliphatic hydroxyl groups excluding tert-OH is 1. The number of ether oxygens (including phenoxy) is 3. The molecule has 0 radical (unpaired) electrons. The normalized spacial score (nSPS) is 13.2. The van der Waals surface area contributed by atoms with Gasteiger partial charge in [-0.2, -0.15) is 0 Å². The van der Waals surface area contributed by atoms with E-state index in [0.717, 1.165) is 41.3 Å². The highest BCUT2D eigenvalue weighted by atomic mass is 35.5. The first-order valence-electron chi connectivity index (χ1n) is 8.23. The van der Waals surface area contributed by atoms with Crippen molar-refractivity contribution >= 4 is 0 Å². The van der Waals surface area contributed by atoms with E-state index in [1.165, 1.54) is 0 Å². The summed E-state index contributed by atoms with van der Waals surface area (Å²) in [5, 5.41) is 12.5. The van der Waals surface area contributed by atoms with Crippen LogP contribution in [-0.4, -0.2) is 24.5 Å². The fraction of sp³-hybridized carbons (Fsp3) is 0.368. The van der Waals surface area contributed by atoms with Gasteiger partial charge in [-0.05, 0) is 41.8 Å². The predicted octanol–water partition coefficient (Wildman–Crippen LogP) is -0.141. The van der Waals surface area contributed by atoms with Crippen LogP contribution in [0, 0.1) is 0 Å². The molecule has 0 aliphatic carbocycles. The van der Waals surface area contributed by atoms with Crippen LogP contribution in [0.1, 0.15) is 24.5 Å². The monoisotopic (exact) mass is 364 g/mol. The minimum Gasteiger partial charge on any atom is -1.00 e. The molecule has 1 aliphatic rings. The van der Waals surface area contributed by atoms with E-state index in [4.69, 9.17) is 14.2 Å². The topological polar surface area (TPSA) is 60.0 Å². The number of rotatable bonds is 8. The third kappa shape index (κ3) is 5.26. The van der Waals surface area contributed by atoms with Gasteiger partial charge in [0, 0.05) is 12.6 Å². The largest absolute Gasteiger partial charge is 1.00 e. The van der Waals surface area contributed by atoms with Crippen LogP contribution in [-0.2, 0) is 13.2 Å². The number of hydrogen-bond acceptors (Lipinski definition) is 5. The Bertz CT molecular complexity index is 659. The molecule has 0 saturated heterocycles. The van der Waals surface area contributed by atoms with Gasteiger partial charge in [-0.1, -0.05) is 25.1 Å². The first kappa shape index (κ1) is 19.4. The summed E-state index contributed by atoms with van der Waals surface area (Å²) in [6, 6.07) is 14.0. The number of fused-ring (bicyclic) bond motifs is 1. The van der Waals surface area contributed by atoms with Crippen LogP contribution < -0.4 is 31.9 Å². The summed E-state index contributed by atoms with van der Waals surface area (Å²) >= 11 is 0. The Morgan fingerprint density at radius 1 is 1.08 bits per heavy atom. The van der Waals surface area contributed by atoms with E-state index in [1.807, 2.05) is 42.5 Å². The van der Waals surface area contributed by atoms with Gasteiger partial charge in [0.2, 0.25) is 6.79 Å². The molecule has 3 rings (SSSR count). The van der Waals surface area contributed by atoms with Gasteiger partial charge in [0.1, 0.15) is 12.4 Å². The molecule has 0 saturated carbocycles. The lowest BCUT2D eigenvalue weighted by Crippen LogP contribution is -3.00. The van der Waals surface area contributed by atoms with Crippen LogP contribution in [0.15, 0.2) is 42.5 Å². The maximum atomic E-state index is 9.19. The summed E-state index contributed by atoms with van der Waals surface area (Å²) in [6.45, 7) is 3.72. The van der Waals surface area contributed by atoms with Crippen LogP contribution in [0.5, 0.6) is 17.2 Å². The molecule has 0 spiro atoms. The Balaban J connectivity index is 0.00000225. The fourth-order valence-electron chi connectivity index (χ4n) is 2.50. The van der Waals surface area contributed by atoms with Gasteiger partial charge in [0.05, 0.1) is 6.61 Å². The van der Waals surface area contributed by atoms with E-state index in [-0.39, 0.29) is 31.8 Å². The summed E-state index contributed by atoms with van der Waals surface area (Å²) in [7, 11) is 0. The van der Waals surface area contributed by atoms with Gasteiger partial charge in [0.15, 0.2) is 11.5 Å². The van der Waals surface area contributed by atoms with E-state index in [0.29, 0.717) is 6.61 Å².